The van der Waals surface area contributed by atoms with Crippen LogP contribution < -0.4 is 9.80 Å². The molecule has 0 amide bonds. The summed E-state index contributed by atoms with van der Waals surface area (Å²) < 4.78 is 15.5. The highest BCUT2D eigenvalue weighted by atomic mass is 35.5. The summed E-state index contributed by atoms with van der Waals surface area (Å²) in [5.41, 5.74) is 6.24. The molecule has 0 bridgehead atoms. The van der Waals surface area contributed by atoms with Crippen molar-refractivity contribution >= 4 is 39.8 Å². The van der Waals surface area contributed by atoms with Gasteiger partial charge in [-0.2, -0.15) is 5.26 Å². The van der Waals surface area contributed by atoms with E-state index in [9.17, 15) is 9.65 Å². The Morgan fingerprint density at radius 3 is 2.41 bits per heavy atom. The highest BCUT2D eigenvalue weighted by Gasteiger charge is 2.26. The fraction of sp³-hybridized carbons (Fsp3) is 0.280. The van der Waals surface area contributed by atoms with E-state index in [1.165, 1.54) is 12.1 Å². The van der Waals surface area contributed by atoms with Gasteiger partial charge in [0, 0.05) is 37.7 Å². The van der Waals surface area contributed by atoms with E-state index in [0.717, 1.165) is 59.8 Å². The van der Waals surface area contributed by atoms with Crippen LogP contribution in [0.15, 0.2) is 48.5 Å². The maximum Gasteiger partial charge on any atom is 0.157 e. The molecule has 32 heavy (non-hydrogen) atoms. The summed E-state index contributed by atoms with van der Waals surface area (Å²) in [4.78, 5) is 9.46. The summed E-state index contributed by atoms with van der Waals surface area (Å²) in [5, 5.41) is 9.93. The molecule has 0 aliphatic carbocycles. The second kappa shape index (κ2) is 8.33. The number of nitriles is 1. The van der Waals surface area contributed by atoms with E-state index in [-0.39, 0.29) is 5.82 Å². The van der Waals surface area contributed by atoms with E-state index < -0.39 is 0 Å². The molecule has 0 radical (unpaired) electrons. The molecule has 162 valence electrons. The summed E-state index contributed by atoms with van der Waals surface area (Å²) in [5.74, 6) is 1.33. The maximum absolute atomic E-state index is 13.3. The number of imidazole rings is 1. The summed E-state index contributed by atoms with van der Waals surface area (Å²) in [6.45, 7) is 5.25. The third-order valence-corrected chi connectivity index (χ3v) is 6.51. The number of pyridine rings is 1. The molecule has 0 saturated carbocycles. The van der Waals surface area contributed by atoms with Crippen molar-refractivity contribution in [3.8, 4) is 6.07 Å². The molecule has 0 spiro atoms. The highest BCUT2D eigenvalue weighted by Crippen LogP contribution is 2.34. The van der Waals surface area contributed by atoms with Gasteiger partial charge in [0.15, 0.2) is 5.65 Å². The zero-order valence-corrected chi connectivity index (χ0v) is 18.6. The molecule has 1 aliphatic rings. The monoisotopic (exact) mass is 447 g/mol. The van der Waals surface area contributed by atoms with E-state index >= 15 is 0 Å². The first-order chi connectivity index (χ1) is 15.6. The van der Waals surface area contributed by atoms with Crippen LogP contribution in [0.1, 0.15) is 16.7 Å². The second-order valence-electron chi connectivity index (χ2n) is 8.06. The largest absolute Gasteiger partial charge is 0.368 e. The molecule has 5 rings (SSSR count). The van der Waals surface area contributed by atoms with Crippen molar-refractivity contribution in [1.29, 1.82) is 5.26 Å². The van der Waals surface area contributed by atoms with Crippen LogP contribution >= 0.6 is 11.6 Å². The Balaban J connectivity index is 1.62. The van der Waals surface area contributed by atoms with Gasteiger partial charge in [-0.05, 0) is 60.9 Å². The second-order valence-corrected chi connectivity index (χ2v) is 8.44. The number of hydrogen-bond acceptors (Lipinski definition) is 4. The van der Waals surface area contributed by atoms with Crippen LogP contribution in [0, 0.1) is 24.1 Å². The van der Waals surface area contributed by atoms with Gasteiger partial charge in [0.25, 0.3) is 0 Å². The molecule has 0 unspecified atom stereocenters. The predicted molar refractivity (Wildman–Crippen MR) is 127 cm³/mol. The number of para-hydroxylation sites is 2. The van der Waals surface area contributed by atoms with Crippen molar-refractivity contribution in [2.24, 2.45) is 0 Å². The fourth-order valence-electron chi connectivity index (χ4n) is 4.72. The number of halogens is 2. The van der Waals surface area contributed by atoms with Crippen molar-refractivity contribution in [3.05, 3.63) is 71.0 Å². The molecule has 2 aromatic heterocycles. The Hall–Kier alpha value is -3.30. The number of fused-ring (bicyclic) bond motifs is 3. The van der Waals surface area contributed by atoms with Crippen molar-refractivity contribution in [1.82, 2.24) is 9.38 Å². The lowest BCUT2D eigenvalue weighted by Crippen LogP contribution is -2.47. The third-order valence-electron chi connectivity index (χ3n) is 6.32. The molecule has 0 atom stereocenters. The normalized spacial score (nSPS) is 14.3. The minimum absolute atomic E-state index is 0.222. The molecule has 1 aliphatic heterocycles. The van der Waals surface area contributed by atoms with Gasteiger partial charge in [-0.25, -0.2) is 9.37 Å². The van der Waals surface area contributed by atoms with E-state index in [1.54, 1.807) is 0 Å². The number of benzene rings is 2. The number of hydrogen-bond donors (Lipinski definition) is 0. The Morgan fingerprint density at radius 2 is 1.72 bits per heavy atom. The molecule has 1 saturated heterocycles. The zero-order valence-electron chi connectivity index (χ0n) is 17.9. The lowest BCUT2D eigenvalue weighted by atomic mass is 10.0. The molecule has 2 aromatic carbocycles. The predicted octanol–water partition coefficient (Wildman–Crippen LogP) is 4.91. The van der Waals surface area contributed by atoms with Crippen LogP contribution in [0.4, 0.5) is 15.9 Å². The van der Waals surface area contributed by atoms with Crippen molar-refractivity contribution in [3.63, 3.8) is 0 Å². The van der Waals surface area contributed by atoms with E-state index in [1.807, 2.05) is 37.3 Å². The third kappa shape index (κ3) is 3.34. The summed E-state index contributed by atoms with van der Waals surface area (Å²) in [6.07, 6.45) is 0.679. The van der Waals surface area contributed by atoms with E-state index in [4.69, 9.17) is 16.6 Å². The van der Waals surface area contributed by atoms with Gasteiger partial charge >= 0.3 is 0 Å². The Kier molecular flexibility index (Phi) is 5.36. The quantitative estimate of drug-likeness (QED) is 0.417. The van der Waals surface area contributed by atoms with Crippen molar-refractivity contribution in [2.75, 3.05) is 41.9 Å². The van der Waals surface area contributed by atoms with Crippen LogP contribution in [0.5, 0.6) is 0 Å². The number of aromatic nitrogens is 2. The van der Waals surface area contributed by atoms with E-state index in [2.05, 4.69) is 26.3 Å². The standard InChI is InChI=1S/C25H23ClFN5/c1-17-20(10-11-26)25(31-14-12-30(13-15-31)19-8-6-18(27)7-9-19)32-23-5-3-2-4-22(23)29-24(32)21(17)16-28/h2-9H,10-15H2,1H3. The molecule has 7 heteroatoms. The number of alkyl halides is 1. The minimum Gasteiger partial charge on any atom is -0.368 e. The Labute approximate surface area is 191 Å². The smallest absolute Gasteiger partial charge is 0.157 e. The molecular weight excluding hydrogens is 425 g/mol. The lowest BCUT2D eigenvalue weighted by molar-refractivity contribution is 0.623. The topological polar surface area (TPSA) is 47.6 Å². The van der Waals surface area contributed by atoms with Crippen LogP contribution in [-0.4, -0.2) is 41.4 Å². The first-order valence-corrected chi connectivity index (χ1v) is 11.3. The minimum atomic E-state index is -0.222. The van der Waals surface area contributed by atoms with Gasteiger partial charge < -0.3 is 9.80 Å². The number of piperazine rings is 1. The fourth-order valence-corrected chi connectivity index (χ4v) is 4.91. The molecule has 1 fully saturated rings. The number of anilines is 2. The van der Waals surface area contributed by atoms with Crippen LogP contribution in [0.25, 0.3) is 16.7 Å². The van der Waals surface area contributed by atoms with Gasteiger partial charge in [-0.3, -0.25) is 4.40 Å². The highest BCUT2D eigenvalue weighted by molar-refractivity contribution is 6.18. The maximum atomic E-state index is 13.3. The van der Waals surface area contributed by atoms with Crippen molar-refractivity contribution < 1.29 is 4.39 Å². The average Bonchev–Trinajstić information content (AvgIpc) is 3.19. The summed E-state index contributed by atoms with van der Waals surface area (Å²) in [7, 11) is 0. The van der Waals surface area contributed by atoms with Crippen LogP contribution in [0.2, 0.25) is 0 Å². The number of rotatable bonds is 4. The summed E-state index contributed by atoms with van der Waals surface area (Å²) >= 11 is 6.21. The first kappa shape index (κ1) is 20.6. The van der Waals surface area contributed by atoms with Crippen LogP contribution in [0.3, 0.4) is 0 Å². The average molecular weight is 448 g/mol. The van der Waals surface area contributed by atoms with Gasteiger partial charge in [0.1, 0.15) is 17.7 Å². The Bertz CT molecular complexity index is 1330. The van der Waals surface area contributed by atoms with Gasteiger partial charge in [0.2, 0.25) is 0 Å². The lowest BCUT2D eigenvalue weighted by Gasteiger charge is -2.38. The van der Waals surface area contributed by atoms with Gasteiger partial charge in [-0.1, -0.05) is 12.1 Å². The van der Waals surface area contributed by atoms with Gasteiger partial charge in [0.05, 0.1) is 16.6 Å². The molecule has 3 heterocycles. The van der Waals surface area contributed by atoms with Gasteiger partial charge in [-0.15, -0.1) is 11.6 Å². The van der Waals surface area contributed by atoms with E-state index in [0.29, 0.717) is 23.5 Å². The first-order valence-electron chi connectivity index (χ1n) is 10.8. The number of nitrogens with zero attached hydrogens (tertiary/aromatic N) is 5. The molecule has 5 nitrogen and oxygen atoms in total. The molecular formula is C25H23ClFN5. The Morgan fingerprint density at radius 1 is 1.03 bits per heavy atom. The molecule has 0 N–H and O–H groups in total. The zero-order chi connectivity index (χ0) is 22.2. The van der Waals surface area contributed by atoms with Crippen molar-refractivity contribution in [2.45, 2.75) is 13.3 Å². The SMILES string of the molecule is Cc1c(CCCl)c(N2CCN(c3ccc(F)cc3)CC2)n2c(nc3ccccc32)c1C#N. The summed E-state index contributed by atoms with van der Waals surface area (Å²) in [6, 6.07) is 17.0. The molecule has 4 aromatic rings. The van der Waals surface area contributed by atoms with Crippen LogP contribution in [-0.2, 0) is 6.42 Å².